The summed E-state index contributed by atoms with van der Waals surface area (Å²) >= 11 is 0. The Morgan fingerprint density at radius 1 is 1.36 bits per heavy atom. The molecule has 14 heavy (non-hydrogen) atoms. The molecule has 2 rings (SSSR count). The molecule has 0 aromatic heterocycles. The highest BCUT2D eigenvalue weighted by atomic mass is 16.5. The molecule has 2 unspecified atom stereocenters. The lowest BCUT2D eigenvalue weighted by Gasteiger charge is -2.22. The van der Waals surface area contributed by atoms with E-state index in [-0.39, 0.29) is 0 Å². The molecule has 0 aromatic carbocycles. The SMILES string of the molecule is CC1CCN(CC2CCOC2)CCN1. The lowest BCUT2D eigenvalue weighted by Crippen LogP contribution is -2.33. The number of hydrogen-bond donors (Lipinski definition) is 1. The van der Waals surface area contributed by atoms with Crippen LogP contribution in [0.3, 0.4) is 0 Å². The third kappa shape index (κ3) is 2.94. The fraction of sp³-hybridized carbons (Fsp3) is 1.00. The van der Waals surface area contributed by atoms with Crippen LogP contribution in [-0.4, -0.2) is 50.3 Å². The molecular formula is C11H22N2O. The zero-order valence-corrected chi connectivity index (χ0v) is 9.17. The van der Waals surface area contributed by atoms with Crippen molar-refractivity contribution in [3.63, 3.8) is 0 Å². The second-order valence-electron chi connectivity index (χ2n) is 4.67. The van der Waals surface area contributed by atoms with Crippen LogP contribution in [0.5, 0.6) is 0 Å². The predicted octanol–water partition coefficient (Wildman–Crippen LogP) is 0.707. The first-order chi connectivity index (χ1) is 6.84. The van der Waals surface area contributed by atoms with Gasteiger partial charge in [-0.3, -0.25) is 0 Å². The third-order valence-electron chi connectivity index (χ3n) is 3.34. The summed E-state index contributed by atoms with van der Waals surface area (Å²) in [6.45, 7) is 9.10. The van der Waals surface area contributed by atoms with Gasteiger partial charge in [0.15, 0.2) is 0 Å². The van der Waals surface area contributed by atoms with Gasteiger partial charge in [0.1, 0.15) is 0 Å². The fourth-order valence-corrected chi connectivity index (χ4v) is 2.33. The summed E-state index contributed by atoms with van der Waals surface area (Å²) in [4.78, 5) is 2.59. The maximum Gasteiger partial charge on any atom is 0.0507 e. The summed E-state index contributed by atoms with van der Waals surface area (Å²) in [5.41, 5.74) is 0. The van der Waals surface area contributed by atoms with Crippen LogP contribution in [0.4, 0.5) is 0 Å². The molecule has 0 amide bonds. The summed E-state index contributed by atoms with van der Waals surface area (Å²) < 4.78 is 5.41. The monoisotopic (exact) mass is 198 g/mol. The summed E-state index contributed by atoms with van der Waals surface area (Å²) in [6.07, 6.45) is 2.55. The van der Waals surface area contributed by atoms with Crippen LogP contribution in [0, 0.1) is 5.92 Å². The Hall–Kier alpha value is -0.120. The molecule has 1 N–H and O–H groups in total. The van der Waals surface area contributed by atoms with E-state index >= 15 is 0 Å². The van der Waals surface area contributed by atoms with Gasteiger partial charge in [-0.05, 0) is 32.2 Å². The van der Waals surface area contributed by atoms with Crippen molar-refractivity contribution in [2.75, 3.05) is 39.4 Å². The van der Waals surface area contributed by atoms with Crippen molar-refractivity contribution in [1.82, 2.24) is 10.2 Å². The summed E-state index contributed by atoms with van der Waals surface area (Å²) in [6, 6.07) is 0.694. The Kier molecular flexibility index (Phi) is 3.79. The Labute approximate surface area is 86.8 Å². The van der Waals surface area contributed by atoms with Gasteiger partial charge >= 0.3 is 0 Å². The topological polar surface area (TPSA) is 24.5 Å². The van der Waals surface area contributed by atoms with Gasteiger partial charge in [-0.2, -0.15) is 0 Å². The van der Waals surface area contributed by atoms with E-state index in [0.29, 0.717) is 6.04 Å². The van der Waals surface area contributed by atoms with E-state index in [1.165, 1.54) is 32.5 Å². The van der Waals surface area contributed by atoms with Crippen molar-refractivity contribution in [2.45, 2.75) is 25.8 Å². The first-order valence-corrected chi connectivity index (χ1v) is 5.88. The van der Waals surface area contributed by atoms with Crippen LogP contribution >= 0.6 is 0 Å². The average molecular weight is 198 g/mol. The maximum atomic E-state index is 5.41. The van der Waals surface area contributed by atoms with Crippen LogP contribution in [0.15, 0.2) is 0 Å². The highest BCUT2D eigenvalue weighted by Crippen LogP contribution is 2.14. The van der Waals surface area contributed by atoms with E-state index in [0.717, 1.165) is 25.7 Å². The van der Waals surface area contributed by atoms with Crippen molar-refractivity contribution in [3.05, 3.63) is 0 Å². The van der Waals surface area contributed by atoms with Gasteiger partial charge in [-0.1, -0.05) is 0 Å². The van der Waals surface area contributed by atoms with Crippen LogP contribution in [0.2, 0.25) is 0 Å². The van der Waals surface area contributed by atoms with Crippen LogP contribution < -0.4 is 5.32 Å². The maximum absolute atomic E-state index is 5.41. The van der Waals surface area contributed by atoms with Crippen LogP contribution in [0.25, 0.3) is 0 Å². The first kappa shape index (κ1) is 10.4. The Morgan fingerprint density at radius 2 is 2.29 bits per heavy atom. The molecule has 0 saturated carbocycles. The normalized spacial score (nSPS) is 35.8. The zero-order chi connectivity index (χ0) is 9.80. The van der Waals surface area contributed by atoms with Gasteiger partial charge in [0, 0.05) is 32.3 Å². The lowest BCUT2D eigenvalue weighted by molar-refractivity contribution is 0.169. The quantitative estimate of drug-likeness (QED) is 0.707. The average Bonchev–Trinajstić information content (AvgIpc) is 2.58. The molecule has 0 bridgehead atoms. The Morgan fingerprint density at radius 3 is 3.07 bits per heavy atom. The first-order valence-electron chi connectivity index (χ1n) is 5.88. The van der Waals surface area contributed by atoms with Gasteiger partial charge in [0.25, 0.3) is 0 Å². The smallest absolute Gasteiger partial charge is 0.0507 e. The largest absolute Gasteiger partial charge is 0.381 e. The predicted molar refractivity (Wildman–Crippen MR) is 57.4 cm³/mol. The summed E-state index contributed by atoms with van der Waals surface area (Å²) in [5.74, 6) is 0.795. The molecule has 0 radical (unpaired) electrons. The third-order valence-corrected chi connectivity index (χ3v) is 3.34. The minimum atomic E-state index is 0.694. The van der Waals surface area contributed by atoms with Gasteiger partial charge < -0.3 is 15.0 Å². The Balaban J connectivity index is 1.73. The van der Waals surface area contributed by atoms with Gasteiger partial charge in [0.2, 0.25) is 0 Å². The molecule has 2 heterocycles. The number of hydrogen-bond acceptors (Lipinski definition) is 3. The van der Waals surface area contributed by atoms with E-state index in [1.807, 2.05) is 0 Å². The number of nitrogens with one attached hydrogen (secondary N) is 1. The van der Waals surface area contributed by atoms with E-state index in [9.17, 15) is 0 Å². The second kappa shape index (κ2) is 5.10. The highest BCUT2D eigenvalue weighted by molar-refractivity contribution is 4.75. The van der Waals surface area contributed by atoms with Crippen molar-refractivity contribution in [1.29, 1.82) is 0 Å². The molecular weight excluding hydrogens is 176 g/mol. The highest BCUT2D eigenvalue weighted by Gasteiger charge is 2.20. The van der Waals surface area contributed by atoms with Crippen LogP contribution in [-0.2, 0) is 4.74 Å². The van der Waals surface area contributed by atoms with Crippen molar-refractivity contribution < 1.29 is 4.74 Å². The molecule has 82 valence electrons. The second-order valence-corrected chi connectivity index (χ2v) is 4.67. The van der Waals surface area contributed by atoms with E-state index in [1.54, 1.807) is 0 Å². The zero-order valence-electron chi connectivity index (χ0n) is 9.17. The van der Waals surface area contributed by atoms with Gasteiger partial charge in [0.05, 0.1) is 6.61 Å². The molecule has 3 heteroatoms. The van der Waals surface area contributed by atoms with Crippen molar-refractivity contribution in [2.24, 2.45) is 5.92 Å². The molecule has 2 aliphatic heterocycles. The standard InChI is InChI=1S/C11H22N2O/c1-10-2-5-13(6-4-12-10)8-11-3-7-14-9-11/h10-12H,2-9H2,1H3. The number of ether oxygens (including phenoxy) is 1. The fourth-order valence-electron chi connectivity index (χ4n) is 2.33. The minimum Gasteiger partial charge on any atom is -0.381 e. The summed E-state index contributed by atoms with van der Waals surface area (Å²) in [7, 11) is 0. The summed E-state index contributed by atoms with van der Waals surface area (Å²) in [5, 5.41) is 3.53. The minimum absolute atomic E-state index is 0.694. The van der Waals surface area contributed by atoms with Gasteiger partial charge in [-0.15, -0.1) is 0 Å². The van der Waals surface area contributed by atoms with Crippen molar-refractivity contribution >= 4 is 0 Å². The van der Waals surface area contributed by atoms with E-state index in [4.69, 9.17) is 4.74 Å². The van der Waals surface area contributed by atoms with E-state index in [2.05, 4.69) is 17.1 Å². The molecule has 2 aliphatic rings. The molecule has 2 atom stereocenters. The lowest BCUT2D eigenvalue weighted by atomic mass is 10.1. The molecule has 0 spiro atoms. The van der Waals surface area contributed by atoms with Gasteiger partial charge in [-0.25, -0.2) is 0 Å². The molecule has 2 fully saturated rings. The number of nitrogens with zero attached hydrogens (tertiary/aromatic N) is 1. The molecule has 0 aromatic rings. The van der Waals surface area contributed by atoms with E-state index < -0.39 is 0 Å². The number of rotatable bonds is 2. The van der Waals surface area contributed by atoms with Crippen LogP contribution in [0.1, 0.15) is 19.8 Å². The molecule has 0 aliphatic carbocycles. The Bertz CT molecular complexity index is 169. The van der Waals surface area contributed by atoms with Crippen molar-refractivity contribution in [3.8, 4) is 0 Å². The molecule has 3 nitrogen and oxygen atoms in total. The molecule has 2 saturated heterocycles.